The van der Waals surface area contributed by atoms with Crippen LogP contribution in [0.1, 0.15) is 13.3 Å². The Balaban J connectivity index is 1.79. The number of nitrogens with one attached hydrogen (secondary N) is 1. The third-order valence-electron chi connectivity index (χ3n) is 3.05. The monoisotopic (exact) mass is 246 g/mol. The molecule has 1 aromatic carbocycles. The molecule has 2 atom stereocenters. The second-order valence-corrected chi connectivity index (χ2v) is 4.29. The standard InChI is InChI=1S/C13H14N2O3/c1-2-8-13(16)15-12(14-8)11-7-17-9-5-3-4-6-10(9)18-11/h3-6,8,11H,2,7H2,1H3,(H,14,15,16). The highest BCUT2D eigenvalue weighted by molar-refractivity contribution is 6.07. The van der Waals surface area contributed by atoms with Crippen LogP contribution in [0.15, 0.2) is 29.3 Å². The topological polar surface area (TPSA) is 59.9 Å². The smallest absolute Gasteiger partial charge is 0.250 e. The summed E-state index contributed by atoms with van der Waals surface area (Å²) in [5, 5.41) is 2.76. The molecule has 0 spiro atoms. The Morgan fingerprint density at radius 3 is 2.89 bits per heavy atom. The Hall–Kier alpha value is -2.04. The zero-order chi connectivity index (χ0) is 12.5. The molecule has 0 aliphatic carbocycles. The molecular weight excluding hydrogens is 232 g/mol. The van der Waals surface area contributed by atoms with E-state index >= 15 is 0 Å². The van der Waals surface area contributed by atoms with Gasteiger partial charge in [0.25, 0.3) is 0 Å². The number of aliphatic imine (C=N–C) groups is 1. The van der Waals surface area contributed by atoms with E-state index in [-0.39, 0.29) is 18.1 Å². The number of ether oxygens (including phenoxy) is 2. The molecule has 0 bridgehead atoms. The van der Waals surface area contributed by atoms with Crippen molar-refractivity contribution in [3.63, 3.8) is 0 Å². The number of carbonyl (C=O) groups excluding carboxylic acids is 1. The molecule has 2 unspecified atom stereocenters. The lowest BCUT2D eigenvalue weighted by atomic mass is 10.2. The Morgan fingerprint density at radius 2 is 2.17 bits per heavy atom. The number of nitrogens with zero attached hydrogens (tertiary/aromatic N) is 1. The van der Waals surface area contributed by atoms with Crippen molar-refractivity contribution in [2.75, 3.05) is 6.61 Å². The van der Waals surface area contributed by atoms with Crippen molar-refractivity contribution in [2.24, 2.45) is 4.99 Å². The summed E-state index contributed by atoms with van der Waals surface area (Å²) in [5.74, 6) is 1.92. The number of fused-ring (bicyclic) bond motifs is 1. The Labute approximate surface area is 105 Å². The van der Waals surface area contributed by atoms with Gasteiger partial charge < -0.3 is 14.8 Å². The number of amidine groups is 1. The van der Waals surface area contributed by atoms with Crippen molar-refractivity contribution in [1.82, 2.24) is 5.32 Å². The number of rotatable bonds is 2. The Morgan fingerprint density at radius 1 is 1.39 bits per heavy atom. The van der Waals surface area contributed by atoms with E-state index in [4.69, 9.17) is 9.47 Å². The maximum Gasteiger partial charge on any atom is 0.250 e. The van der Waals surface area contributed by atoms with Crippen LogP contribution in [0.2, 0.25) is 0 Å². The lowest BCUT2D eigenvalue weighted by Gasteiger charge is -2.26. The van der Waals surface area contributed by atoms with Crippen LogP contribution in [0.4, 0.5) is 0 Å². The van der Waals surface area contributed by atoms with Gasteiger partial charge in [0.15, 0.2) is 17.6 Å². The molecule has 1 amide bonds. The van der Waals surface area contributed by atoms with Crippen molar-refractivity contribution < 1.29 is 14.3 Å². The second kappa shape index (κ2) is 4.33. The van der Waals surface area contributed by atoms with E-state index in [0.717, 1.165) is 5.75 Å². The van der Waals surface area contributed by atoms with Gasteiger partial charge >= 0.3 is 0 Å². The minimum absolute atomic E-state index is 0.0602. The molecule has 0 radical (unpaired) electrons. The summed E-state index contributed by atoms with van der Waals surface area (Å²) >= 11 is 0. The van der Waals surface area contributed by atoms with Crippen LogP contribution < -0.4 is 14.8 Å². The molecule has 0 saturated carbocycles. The normalized spacial score (nSPS) is 25.6. The highest BCUT2D eigenvalue weighted by Gasteiger charge is 2.33. The number of amides is 1. The molecule has 3 rings (SSSR count). The molecule has 5 heteroatoms. The van der Waals surface area contributed by atoms with E-state index < -0.39 is 0 Å². The highest BCUT2D eigenvalue weighted by atomic mass is 16.6. The predicted molar refractivity (Wildman–Crippen MR) is 66.0 cm³/mol. The molecular formula is C13H14N2O3. The number of hydrogen-bond acceptors (Lipinski definition) is 4. The molecule has 0 aromatic heterocycles. The largest absolute Gasteiger partial charge is 0.485 e. The predicted octanol–water partition coefficient (Wildman–Crippen LogP) is 1.13. The summed E-state index contributed by atoms with van der Waals surface area (Å²) in [6.07, 6.45) is 0.361. The first kappa shape index (κ1) is 11.1. The molecule has 2 aliphatic rings. The van der Waals surface area contributed by atoms with E-state index in [0.29, 0.717) is 24.6 Å². The molecule has 0 saturated heterocycles. The fraction of sp³-hybridized carbons (Fsp3) is 0.385. The third kappa shape index (κ3) is 1.81. The maximum absolute atomic E-state index is 11.6. The van der Waals surface area contributed by atoms with E-state index in [2.05, 4.69) is 10.3 Å². The van der Waals surface area contributed by atoms with Gasteiger partial charge in [-0.2, -0.15) is 0 Å². The lowest BCUT2D eigenvalue weighted by molar-refractivity contribution is -0.120. The van der Waals surface area contributed by atoms with Crippen molar-refractivity contribution >= 4 is 11.7 Å². The van der Waals surface area contributed by atoms with Gasteiger partial charge in [0, 0.05) is 0 Å². The van der Waals surface area contributed by atoms with Crippen LogP contribution in [0.5, 0.6) is 11.5 Å². The number of benzene rings is 1. The van der Waals surface area contributed by atoms with Crippen molar-refractivity contribution in [1.29, 1.82) is 0 Å². The molecule has 0 fully saturated rings. The van der Waals surface area contributed by atoms with Gasteiger partial charge in [0.2, 0.25) is 5.91 Å². The Bertz CT molecular complexity index is 513. The van der Waals surface area contributed by atoms with E-state index in [1.165, 1.54) is 0 Å². The highest BCUT2D eigenvalue weighted by Crippen LogP contribution is 2.31. The van der Waals surface area contributed by atoms with E-state index in [9.17, 15) is 4.79 Å². The van der Waals surface area contributed by atoms with Crippen LogP contribution in [0, 0.1) is 0 Å². The average Bonchev–Trinajstić information content (AvgIpc) is 2.79. The van der Waals surface area contributed by atoms with Crippen molar-refractivity contribution in [3.8, 4) is 11.5 Å². The van der Waals surface area contributed by atoms with Gasteiger partial charge in [-0.05, 0) is 18.6 Å². The van der Waals surface area contributed by atoms with Gasteiger partial charge in [-0.1, -0.05) is 19.1 Å². The minimum atomic E-state index is -0.333. The molecule has 2 aliphatic heterocycles. The zero-order valence-electron chi connectivity index (χ0n) is 10.1. The second-order valence-electron chi connectivity index (χ2n) is 4.29. The fourth-order valence-electron chi connectivity index (χ4n) is 2.06. The summed E-state index contributed by atoms with van der Waals surface area (Å²) < 4.78 is 11.4. The molecule has 94 valence electrons. The first-order chi connectivity index (χ1) is 8.78. The van der Waals surface area contributed by atoms with E-state index in [1.54, 1.807) is 0 Å². The van der Waals surface area contributed by atoms with Gasteiger partial charge in [-0.25, -0.2) is 0 Å². The van der Waals surface area contributed by atoms with Crippen LogP contribution in [0.25, 0.3) is 0 Å². The summed E-state index contributed by atoms with van der Waals surface area (Å²) in [5.41, 5.74) is 0. The first-order valence-corrected chi connectivity index (χ1v) is 6.05. The number of hydrogen-bond donors (Lipinski definition) is 1. The number of para-hydroxylation sites is 2. The van der Waals surface area contributed by atoms with Crippen LogP contribution in [-0.4, -0.2) is 30.5 Å². The fourth-order valence-corrected chi connectivity index (χ4v) is 2.06. The van der Waals surface area contributed by atoms with Crippen molar-refractivity contribution in [2.45, 2.75) is 25.5 Å². The lowest BCUT2D eigenvalue weighted by Crippen LogP contribution is -2.43. The number of carbonyl (C=O) groups is 1. The van der Waals surface area contributed by atoms with Gasteiger partial charge in [-0.15, -0.1) is 0 Å². The summed E-state index contributed by atoms with van der Waals surface area (Å²) in [6, 6.07) is 7.19. The quantitative estimate of drug-likeness (QED) is 0.851. The first-order valence-electron chi connectivity index (χ1n) is 6.05. The zero-order valence-corrected chi connectivity index (χ0v) is 10.1. The summed E-state index contributed by atoms with van der Waals surface area (Å²) in [6.45, 7) is 2.30. The van der Waals surface area contributed by atoms with Gasteiger partial charge in [0.1, 0.15) is 18.5 Å². The van der Waals surface area contributed by atoms with Crippen LogP contribution in [0.3, 0.4) is 0 Å². The molecule has 1 aromatic rings. The van der Waals surface area contributed by atoms with Gasteiger partial charge in [0.05, 0.1) is 0 Å². The molecule has 1 N–H and O–H groups in total. The molecule has 18 heavy (non-hydrogen) atoms. The van der Waals surface area contributed by atoms with Crippen molar-refractivity contribution in [3.05, 3.63) is 24.3 Å². The Kier molecular flexibility index (Phi) is 2.66. The van der Waals surface area contributed by atoms with Gasteiger partial charge in [-0.3, -0.25) is 9.79 Å². The molecule has 2 heterocycles. The van der Waals surface area contributed by atoms with Crippen LogP contribution >= 0.6 is 0 Å². The summed E-state index contributed by atoms with van der Waals surface area (Å²) in [4.78, 5) is 15.9. The molecule has 5 nitrogen and oxygen atoms in total. The SMILES string of the molecule is CCC1N=C(C2COc3ccccc3O2)NC1=O. The minimum Gasteiger partial charge on any atom is -0.485 e. The maximum atomic E-state index is 11.6. The van der Waals surface area contributed by atoms with Crippen LogP contribution in [-0.2, 0) is 4.79 Å². The summed E-state index contributed by atoms with van der Waals surface area (Å²) in [7, 11) is 0. The third-order valence-corrected chi connectivity index (χ3v) is 3.05. The average molecular weight is 246 g/mol. The van der Waals surface area contributed by atoms with E-state index in [1.807, 2.05) is 31.2 Å².